The van der Waals surface area contributed by atoms with Gasteiger partial charge in [-0.2, -0.15) is 0 Å². The summed E-state index contributed by atoms with van der Waals surface area (Å²) >= 11 is 0. The van der Waals surface area contributed by atoms with Gasteiger partial charge in [-0.25, -0.2) is 4.79 Å². The highest BCUT2D eigenvalue weighted by Crippen LogP contribution is 2.41. The number of ether oxygens (including phenoxy) is 2. The molecule has 0 aromatic heterocycles. The smallest absolute Gasteiger partial charge is 0.343 e. The van der Waals surface area contributed by atoms with Gasteiger partial charge in [0, 0.05) is 0 Å². The molecule has 0 heterocycles. The third kappa shape index (κ3) is 5.50. The fourth-order valence-corrected chi connectivity index (χ4v) is 4.63. The van der Waals surface area contributed by atoms with Gasteiger partial charge < -0.3 is 9.47 Å². The van der Waals surface area contributed by atoms with Crippen LogP contribution in [0.2, 0.25) is 0 Å². The van der Waals surface area contributed by atoms with E-state index in [0.29, 0.717) is 11.3 Å². The van der Waals surface area contributed by atoms with E-state index in [1.165, 1.54) is 22.3 Å². The highest BCUT2D eigenvalue weighted by Gasteiger charge is 2.22. The third-order valence-corrected chi connectivity index (χ3v) is 6.83. The quantitative estimate of drug-likeness (QED) is 0.158. The molecule has 0 radical (unpaired) electrons. The Morgan fingerprint density at radius 2 is 1.30 bits per heavy atom. The molecule has 0 amide bonds. The van der Waals surface area contributed by atoms with Crippen LogP contribution in [-0.4, -0.2) is 31.2 Å². The van der Waals surface area contributed by atoms with Crippen LogP contribution in [0.15, 0.2) is 103 Å². The van der Waals surface area contributed by atoms with E-state index in [-0.39, 0.29) is 12.2 Å². The van der Waals surface area contributed by atoms with Crippen molar-refractivity contribution in [3.63, 3.8) is 0 Å². The van der Waals surface area contributed by atoms with Crippen molar-refractivity contribution in [1.29, 1.82) is 0 Å². The molecule has 1 aliphatic carbocycles. The summed E-state index contributed by atoms with van der Waals surface area (Å²) < 4.78 is 11.7. The van der Waals surface area contributed by atoms with Gasteiger partial charge in [0.15, 0.2) is 0 Å². The molecule has 4 nitrogen and oxygen atoms in total. The van der Waals surface area contributed by atoms with Crippen LogP contribution in [0.5, 0.6) is 11.5 Å². The first-order valence-electron chi connectivity index (χ1n) is 12.6. The van der Waals surface area contributed by atoms with Crippen LogP contribution < -0.4 is 9.47 Å². The molecule has 0 fully saturated rings. The zero-order valence-corrected chi connectivity index (χ0v) is 21.5. The Balaban J connectivity index is 1.48. The van der Waals surface area contributed by atoms with Crippen molar-refractivity contribution < 1.29 is 14.3 Å². The van der Waals surface area contributed by atoms with Gasteiger partial charge in [0.2, 0.25) is 0 Å². The number of rotatable bonds is 7. The lowest BCUT2D eigenvalue weighted by Crippen LogP contribution is -2.30. The van der Waals surface area contributed by atoms with Crippen molar-refractivity contribution >= 4 is 17.1 Å². The first-order chi connectivity index (χ1) is 18.0. The topological polar surface area (TPSA) is 38.8 Å². The van der Waals surface area contributed by atoms with Crippen LogP contribution >= 0.6 is 0 Å². The minimum absolute atomic E-state index is 0.0171. The van der Waals surface area contributed by atoms with E-state index in [9.17, 15) is 4.79 Å². The lowest BCUT2D eigenvalue weighted by Gasteiger charge is -2.21. The first kappa shape index (κ1) is 24.5. The Morgan fingerprint density at radius 3 is 1.95 bits per heavy atom. The normalized spacial score (nSPS) is 14.7. The molecule has 37 heavy (non-hydrogen) atoms. The van der Waals surface area contributed by atoms with Crippen LogP contribution in [0, 0.1) is 0 Å². The molecule has 0 aliphatic heterocycles. The minimum atomic E-state index is -0.362. The SMILES string of the molecule is CC(Oc1ccc(C(=C2CCc3ccccc32)c2ccc(OC(=O)c3ccccc3)cc2)cc1)N(C)C. The molecule has 0 saturated carbocycles. The zero-order valence-electron chi connectivity index (χ0n) is 21.5. The summed E-state index contributed by atoms with van der Waals surface area (Å²) in [7, 11) is 4.00. The molecule has 5 rings (SSSR count). The number of carbonyl (C=O) groups is 1. The highest BCUT2D eigenvalue weighted by atomic mass is 16.5. The molecule has 4 aromatic carbocycles. The van der Waals surface area contributed by atoms with E-state index < -0.39 is 0 Å². The number of nitrogens with zero attached hydrogens (tertiary/aromatic N) is 1. The number of fused-ring (bicyclic) bond motifs is 1. The zero-order chi connectivity index (χ0) is 25.8. The molecule has 1 aliphatic rings. The molecule has 1 unspecified atom stereocenters. The Bertz CT molecular complexity index is 1400. The monoisotopic (exact) mass is 489 g/mol. The van der Waals surface area contributed by atoms with Gasteiger partial charge in [-0.1, -0.05) is 66.7 Å². The maximum atomic E-state index is 12.5. The second-order valence-electron chi connectivity index (χ2n) is 9.50. The van der Waals surface area contributed by atoms with Gasteiger partial charge in [-0.15, -0.1) is 0 Å². The van der Waals surface area contributed by atoms with Crippen LogP contribution in [-0.2, 0) is 6.42 Å². The largest absolute Gasteiger partial charge is 0.475 e. The fourth-order valence-electron chi connectivity index (χ4n) is 4.63. The van der Waals surface area contributed by atoms with Crippen molar-refractivity contribution in [2.45, 2.75) is 26.0 Å². The van der Waals surface area contributed by atoms with Crippen molar-refractivity contribution in [1.82, 2.24) is 4.90 Å². The molecule has 186 valence electrons. The molecule has 4 heteroatoms. The van der Waals surface area contributed by atoms with E-state index in [4.69, 9.17) is 9.47 Å². The summed E-state index contributed by atoms with van der Waals surface area (Å²) in [5.41, 5.74) is 7.95. The predicted octanol–water partition coefficient (Wildman–Crippen LogP) is 7.10. The Morgan fingerprint density at radius 1 is 0.703 bits per heavy atom. The number of esters is 1. The molecule has 1 atom stereocenters. The summed E-state index contributed by atoms with van der Waals surface area (Å²) in [4.78, 5) is 14.5. The maximum Gasteiger partial charge on any atom is 0.343 e. The van der Waals surface area contributed by atoms with Crippen LogP contribution in [0.3, 0.4) is 0 Å². The van der Waals surface area contributed by atoms with E-state index in [1.807, 2.05) is 80.5 Å². The number of benzene rings is 4. The van der Waals surface area contributed by atoms with Crippen LogP contribution in [0.25, 0.3) is 11.1 Å². The predicted molar refractivity (Wildman–Crippen MR) is 149 cm³/mol. The average molecular weight is 490 g/mol. The standard InChI is InChI=1S/C33H31NO3/c1-23(34(2)3)36-28-18-13-25(14-19-28)32(31-22-17-24-9-7-8-12-30(24)31)26-15-20-29(21-16-26)37-33(35)27-10-5-4-6-11-27/h4-16,18-21,23H,17,22H2,1-3H3. The molecule has 0 bridgehead atoms. The van der Waals surface area contributed by atoms with Crippen LogP contribution in [0.4, 0.5) is 0 Å². The lowest BCUT2D eigenvalue weighted by molar-refractivity contribution is 0.0734. The summed E-state index contributed by atoms with van der Waals surface area (Å²) in [5, 5.41) is 0. The van der Waals surface area contributed by atoms with Gasteiger partial charge in [-0.05, 0) is 104 Å². The van der Waals surface area contributed by atoms with Crippen molar-refractivity contribution in [3.05, 3.63) is 131 Å². The van der Waals surface area contributed by atoms with E-state index >= 15 is 0 Å². The van der Waals surface area contributed by atoms with Crippen molar-refractivity contribution in [2.75, 3.05) is 14.1 Å². The number of aryl methyl sites for hydroxylation is 1. The van der Waals surface area contributed by atoms with Crippen molar-refractivity contribution in [3.8, 4) is 11.5 Å². The Kier molecular flexibility index (Phi) is 7.20. The first-order valence-corrected chi connectivity index (χ1v) is 12.6. The van der Waals surface area contributed by atoms with Gasteiger partial charge in [0.25, 0.3) is 0 Å². The third-order valence-electron chi connectivity index (χ3n) is 6.83. The van der Waals surface area contributed by atoms with Crippen LogP contribution in [0.1, 0.15) is 46.0 Å². The minimum Gasteiger partial charge on any atom is -0.475 e. The Hall–Kier alpha value is -4.15. The fraction of sp³-hybridized carbons (Fsp3) is 0.182. The Labute approximate surface area is 218 Å². The number of carbonyl (C=O) groups excluding carboxylic acids is 1. The van der Waals surface area contributed by atoms with Crippen molar-refractivity contribution in [2.24, 2.45) is 0 Å². The number of allylic oxidation sites excluding steroid dienone is 1. The molecular weight excluding hydrogens is 458 g/mol. The lowest BCUT2D eigenvalue weighted by atomic mass is 9.90. The molecular formula is C33H31NO3. The summed E-state index contributed by atoms with van der Waals surface area (Å²) in [5.74, 6) is 0.999. The maximum absolute atomic E-state index is 12.5. The van der Waals surface area contributed by atoms with Gasteiger partial charge in [0.1, 0.15) is 17.7 Å². The van der Waals surface area contributed by atoms with Gasteiger partial charge in [0.05, 0.1) is 5.56 Å². The number of hydrogen-bond donors (Lipinski definition) is 0. The summed E-state index contributed by atoms with van der Waals surface area (Å²) in [6.45, 7) is 2.03. The van der Waals surface area contributed by atoms with E-state index in [1.54, 1.807) is 12.1 Å². The second kappa shape index (κ2) is 10.9. The molecule has 0 N–H and O–H groups in total. The molecule has 0 saturated heterocycles. The summed E-state index contributed by atoms with van der Waals surface area (Å²) in [6.07, 6.45) is 2.00. The van der Waals surface area contributed by atoms with E-state index in [2.05, 4.69) is 36.4 Å². The summed E-state index contributed by atoms with van der Waals surface area (Å²) in [6, 6.07) is 33.8. The van der Waals surface area contributed by atoms with Gasteiger partial charge >= 0.3 is 5.97 Å². The average Bonchev–Trinajstić information content (AvgIpc) is 3.35. The number of hydrogen-bond acceptors (Lipinski definition) is 4. The highest BCUT2D eigenvalue weighted by molar-refractivity contribution is 6.00. The molecule has 0 spiro atoms. The second-order valence-corrected chi connectivity index (χ2v) is 9.50. The molecule has 4 aromatic rings. The van der Waals surface area contributed by atoms with Gasteiger partial charge in [-0.3, -0.25) is 4.90 Å². The van der Waals surface area contributed by atoms with E-state index in [0.717, 1.165) is 29.7 Å².